The molecule has 114 valence electrons. The van der Waals surface area contributed by atoms with E-state index in [9.17, 15) is 9.59 Å². The summed E-state index contributed by atoms with van der Waals surface area (Å²) < 4.78 is 0. The first-order valence-corrected chi connectivity index (χ1v) is 7.29. The second kappa shape index (κ2) is 5.85. The molecule has 2 rings (SSSR count). The predicted molar refractivity (Wildman–Crippen MR) is 82.9 cm³/mol. The van der Waals surface area contributed by atoms with Gasteiger partial charge in [0, 0.05) is 18.7 Å². The van der Waals surface area contributed by atoms with Crippen LogP contribution in [0.15, 0.2) is 24.3 Å². The zero-order chi connectivity index (χ0) is 15.6. The smallest absolute Gasteiger partial charge is 0.239 e. The van der Waals surface area contributed by atoms with Gasteiger partial charge >= 0.3 is 0 Å². The highest BCUT2D eigenvalue weighted by atomic mass is 16.2. The summed E-state index contributed by atoms with van der Waals surface area (Å²) in [4.78, 5) is 25.5. The van der Waals surface area contributed by atoms with Gasteiger partial charge in [-0.05, 0) is 44.9 Å². The number of nitrogens with zero attached hydrogens (tertiary/aromatic N) is 1. The van der Waals surface area contributed by atoms with Crippen LogP contribution in [0.4, 0.5) is 5.69 Å². The van der Waals surface area contributed by atoms with Gasteiger partial charge < -0.3 is 16.0 Å². The minimum absolute atomic E-state index is 0.155. The highest BCUT2D eigenvalue weighted by Crippen LogP contribution is 2.24. The fourth-order valence-electron chi connectivity index (χ4n) is 2.35. The molecule has 0 aromatic heterocycles. The molecule has 1 aromatic carbocycles. The first-order valence-electron chi connectivity index (χ1n) is 7.29. The number of rotatable bonds is 4. The Morgan fingerprint density at radius 2 is 2.14 bits per heavy atom. The Balaban J connectivity index is 2.13. The molecule has 0 saturated carbocycles. The third kappa shape index (κ3) is 3.61. The molecule has 21 heavy (non-hydrogen) atoms. The molecule has 0 aliphatic carbocycles. The maximum absolute atomic E-state index is 11.9. The van der Waals surface area contributed by atoms with Crippen LogP contribution in [0.3, 0.4) is 0 Å². The van der Waals surface area contributed by atoms with Gasteiger partial charge in [0.1, 0.15) is 0 Å². The summed E-state index contributed by atoms with van der Waals surface area (Å²) in [5.74, 6) is -0.0374. The van der Waals surface area contributed by atoms with E-state index in [1.807, 2.05) is 31.2 Å². The van der Waals surface area contributed by atoms with E-state index in [4.69, 9.17) is 5.73 Å². The maximum Gasteiger partial charge on any atom is 0.239 e. The van der Waals surface area contributed by atoms with Crippen LogP contribution in [0.2, 0.25) is 0 Å². The molecular weight excluding hydrogens is 266 g/mol. The van der Waals surface area contributed by atoms with E-state index < -0.39 is 5.54 Å². The average Bonchev–Trinajstić information content (AvgIpc) is 2.84. The van der Waals surface area contributed by atoms with E-state index in [0.717, 1.165) is 24.2 Å². The quantitative estimate of drug-likeness (QED) is 0.886. The van der Waals surface area contributed by atoms with Gasteiger partial charge in [0.25, 0.3) is 0 Å². The van der Waals surface area contributed by atoms with Crippen LogP contribution in [-0.2, 0) is 9.59 Å². The first kappa shape index (κ1) is 15.5. The number of benzene rings is 1. The molecular formula is C16H23N3O2. The summed E-state index contributed by atoms with van der Waals surface area (Å²) in [5.41, 5.74) is 6.74. The highest BCUT2D eigenvalue weighted by Gasteiger charge is 2.25. The van der Waals surface area contributed by atoms with Crippen molar-refractivity contribution in [2.45, 2.75) is 45.2 Å². The van der Waals surface area contributed by atoms with E-state index in [0.29, 0.717) is 6.42 Å². The molecule has 1 saturated heterocycles. The molecule has 1 heterocycles. The van der Waals surface area contributed by atoms with Crippen molar-refractivity contribution in [3.63, 3.8) is 0 Å². The van der Waals surface area contributed by atoms with Crippen LogP contribution in [0.5, 0.6) is 0 Å². The lowest BCUT2D eigenvalue weighted by molar-refractivity contribution is -0.125. The van der Waals surface area contributed by atoms with Crippen LogP contribution in [0.25, 0.3) is 0 Å². The third-order valence-electron chi connectivity index (χ3n) is 3.69. The molecule has 1 fully saturated rings. The van der Waals surface area contributed by atoms with Crippen LogP contribution in [0, 0.1) is 0 Å². The van der Waals surface area contributed by atoms with E-state index in [1.165, 1.54) is 0 Å². The zero-order valence-corrected chi connectivity index (χ0v) is 12.8. The second-order valence-electron chi connectivity index (χ2n) is 6.16. The van der Waals surface area contributed by atoms with Crippen LogP contribution < -0.4 is 16.0 Å². The van der Waals surface area contributed by atoms with E-state index in [1.54, 1.807) is 18.7 Å². The van der Waals surface area contributed by atoms with Crippen molar-refractivity contribution in [3.8, 4) is 0 Å². The Labute approximate surface area is 125 Å². The van der Waals surface area contributed by atoms with Crippen LogP contribution in [-0.4, -0.2) is 23.9 Å². The van der Waals surface area contributed by atoms with Crippen molar-refractivity contribution in [3.05, 3.63) is 29.8 Å². The molecule has 3 N–H and O–H groups in total. The molecule has 2 amide bonds. The first-order chi connectivity index (χ1) is 9.79. The molecule has 0 spiro atoms. The Morgan fingerprint density at radius 3 is 2.71 bits per heavy atom. The molecule has 0 radical (unpaired) electrons. The van der Waals surface area contributed by atoms with Crippen molar-refractivity contribution in [1.82, 2.24) is 5.32 Å². The summed E-state index contributed by atoms with van der Waals surface area (Å²) in [7, 11) is 0. The summed E-state index contributed by atoms with van der Waals surface area (Å²) in [6.07, 6.45) is 1.51. The number of nitrogens with two attached hydrogens (primary N) is 1. The minimum Gasteiger partial charge on any atom is -0.348 e. The van der Waals surface area contributed by atoms with Gasteiger partial charge in [0.15, 0.2) is 0 Å². The number of hydrogen-bond acceptors (Lipinski definition) is 3. The van der Waals surface area contributed by atoms with Crippen molar-refractivity contribution >= 4 is 17.5 Å². The molecule has 5 nitrogen and oxygen atoms in total. The Hall–Kier alpha value is -1.88. The van der Waals surface area contributed by atoms with Crippen molar-refractivity contribution in [1.29, 1.82) is 0 Å². The fraction of sp³-hybridized carbons (Fsp3) is 0.500. The molecule has 1 aliphatic rings. The van der Waals surface area contributed by atoms with Gasteiger partial charge in [0.05, 0.1) is 11.6 Å². The Morgan fingerprint density at radius 1 is 1.43 bits per heavy atom. The lowest BCUT2D eigenvalue weighted by atomic mass is 10.0. The third-order valence-corrected chi connectivity index (χ3v) is 3.69. The van der Waals surface area contributed by atoms with E-state index in [-0.39, 0.29) is 17.9 Å². The predicted octanol–water partition coefficient (Wildman–Crippen LogP) is 1.73. The van der Waals surface area contributed by atoms with Gasteiger partial charge in [0.2, 0.25) is 11.8 Å². The van der Waals surface area contributed by atoms with Crippen molar-refractivity contribution < 1.29 is 9.59 Å². The summed E-state index contributed by atoms with van der Waals surface area (Å²) in [5, 5.41) is 2.90. The van der Waals surface area contributed by atoms with Crippen LogP contribution in [0.1, 0.15) is 45.2 Å². The van der Waals surface area contributed by atoms with Gasteiger partial charge in [-0.25, -0.2) is 0 Å². The number of amides is 2. The summed E-state index contributed by atoms with van der Waals surface area (Å²) in [6, 6.07) is 7.58. The highest BCUT2D eigenvalue weighted by molar-refractivity contribution is 5.95. The maximum atomic E-state index is 11.9. The SMILES string of the molecule is CC(NC(=O)C(C)(C)N)c1cccc(N2CCCC2=O)c1. The lowest BCUT2D eigenvalue weighted by Crippen LogP contribution is -2.49. The molecule has 1 aromatic rings. The van der Waals surface area contributed by atoms with Gasteiger partial charge in [-0.2, -0.15) is 0 Å². The van der Waals surface area contributed by atoms with Gasteiger partial charge in [-0.1, -0.05) is 12.1 Å². The minimum atomic E-state index is -0.906. The van der Waals surface area contributed by atoms with Crippen molar-refractivity contribution in [2.24, 2.45) is 5.73 Å². The van der Waals surface area contributed by atoms with Crippen LogP contribution >= 0.6 is 0 Å². The molecule has 1 aliphatic heterocycles. The number of hydrogen-bond donors (Lipinski definition) is 2. The van der Waals surface area contributed by atoms with Gasteiger partial charge in [-0.15, -0.1) is 0 Å². The van der Waals surface area contributed by atoms with E-state index in [2.05, 4.69) is 5.32 Å². The molecule has 0 bridgehead atoms. The topological polar surface area (TPSA) is 75.4 Å². The second-order valence-corrected chi connectivity index (χ2v) is 6.16. The number of carbonyl (C=O) groups excluding carboxylic acids is 2. The fourth-order valence-corrected chi connectivity index (χ4v) is 2.35. The number of anilines is 1. The normalized spacial score (nSPS) is 17.0. The lowest BCUT2D eigenvalue weighted by Gasteiger charge is -2.23. The van der Waals surface area contributed by atoms with Crippen molar-refractivity contribution in [2.75, 3.05) is 11.4 Å². The molecule has 1 atom stereocenters. The Bertz CT molecular complexity index is 549. The Kier molecular flexibility index (Phi) is 4.32. The monoisotopic (exact) mass is 289 g/mol. The molecule has 1 unspecified atom stereocenters. The summed E-state index contributed by atoms with van der Waals surface area (Å²) in [6.45, 7) is 6.02. The number of nitrogens with one attached hydrogen (secondary N) is 1. The standard InChI is InChI=1S/C16H23N3O2/c1-11(18-15(21)16(2,3)17)12-6-4-7-13(10-12)19-9-5-8-14(19)20/h4,6-7,10-11H,5,8-9,17H2,1-3H3,(H,18,21). The number of carbonyl (C=O) groups is 2. The van der Waals surface area contributed by atoms with E-state index >= 15 is 0 Å². The van der Waals surface area contributed by atoms with Gasteiger partial charge in [-0.3, -0.25) is 9.59 Å². The largest absolute Gasteiger partial charge is 0.348 e. The zero-order valence-electron chi connectivity index (χ0n) is 12.8. The molecule has 5 heteroatoms. The average molecular weight is 289 g/mol. The summed E-state index contributed by atoms with van der Waals surface area (Å²) >= 11 is 0.